The van der Waals surface area contributed by atoms with Crippen molar-refractivity contribution in [3.05, 3.63) is 83.9 Å². The van der Waals surface area contributed by atoms with E-state index in [-0.39, 0.29) is 43.1 Å². The van der Waals surface area contributed by atoms with Gasteiger partial charge < -0.3 is 24.4 Å². The van der Waals surface area contributed by atoms with Gasteiger partial charge in [-0.2, -0.15) is 0 Å². The Hall–Kier alpha value is -4.18. The number of aliphatic hydroxyl groups is 1. The van der Waals surface area contributed by atoms with Crippen molar-refractivity contribution in [1.29, 1.82) is 0 Å². The van der Waals surface area contributed by atoms with Crippen LogP contribution in [0.2, 0.25) is 0 Å². The average molecular weight is 741 g/mol. The Kier molecular flexibility index (Phi) is 15.1. The van der Waals surface area contributed by atoms with Gasteiger partial charge in [-0.1, -0.05) is 69.5 Å². The van der Waals surface area contributed by atoms with Crippen LogP contribution in [0.3, 0.4) is 0 Å². The Morgan fingerprint density at radius 2 is 1.06 bits per heavy atom. The molecular formula is C45H60N2O7. The summed E-state index contributed by atoms with van der Waals surface area (Å²) in [6, 6.07) is 24.6. The molecule has 4 aromatic carbocycles. The molecule has 4 aliphatic rings. The maximum Gasteiger partial charge on any atom is 0.311 e. The van der Waals surface area contributed by atoms with Gasteiger partial charge in [-0.05, 0) is 108 Å². The van der Waals surface area contributed by atoms with Crippen LogP contribution >= 0.6 is 0 Å². The topological polar surface area (TPSA) is 109 Å². The van der Waals surface area contributed by atoms with Crippen LogP contribution in [0.4, 0.5) is 0 Å². The van der Waals surface area contributed by atoms with Crippen molar-refractivity contribution in [2.75, 3.05) is 40.4 Å². The summed E-state index contributed by atoms with van der Waals surface area (Å²) >= 11 is 0. The summed E-state index contributed by atoms with van der Waals surface area (Å²) in [6.07, 6.45) is 12.6. The molecule has 4 fully saturated rings. The largest absolute Gasteiger partial charge is 0.508 e. The van der Waals surface area contributed by atoms with Gasteiger partial charge >= 0.3 is 11.9 Å². The van der Waals surface area contributed by atoms with E-state index in [9.17, 15) is 14.7 Å². The summed E-state index contributed by atoms with van der Waals surface area (Å²) in [4.78, 5) is 27.3. The highest BCUT2D eigenvalue weighted by molar-refractivity contribution is 5.85. The number of aliphatic hydroxyl groups excluding tert-OH is 1. The van der Waals surface area contributed by atoms with Crippen molar-refractivity contribution in [2.24, 2.45) is 11.8 Å². The zero-order valence-corrected chi connectivity index (χ0v) is 31.4. The number of phenolic OH excluding ortho intramolecular Hbond substituents is 1. The predicted octanol–water partition coefficient (Wildman–Crippen LogP) is 8.25. The predicted molar refractivity (Wildman–Crippen MR) is 214 cm³/mol. The number of fused-ring (bicyclic) bond motifs is 2. The first kappa shape index (κ1) is 41.0. The number of phenols is 1. The minimum Gasteiger partial charge on any atom is -0.508 e. The highest BCUT2D eigenvalue weighted by atomic mass is 16.5. The number of rotatable bonds is 8. The summed E-state index contributed by atoms with van der Waals surface area (Å²) < 4.78 is 15.7. The number of hydrogen-bond acceptors (Lipinski definition) is 9. The van der Waals surface area contributed by atoms with Crippen LogP contribution in [0.25, 0.3) is 21.5 Å². The number of aromatic hydroxyl groups is 1. The van der Waals surface area contributed by atoms with Crippen molar-refractivity contribution >= 4 is 33.5 Å². The second-order valence-electron chi connectivity index (χ2n) is 15.2. The molecule has 2 aliphatic heterocycles. The van der Waals surface area contributed by atoms with Crippen molar-refractivity contribution in [3.63, 3.8) is 0 Å². The Morgan fingerprint density at radius 3 is 1.54 bits per heavy atom. The van der Waals surface area contributed by atoms with Crippen LogP contribution in [-0.4, -0.2) is 84.6 Å². The van der Waals surface area contributed by atoms with Gasteiger partial charge in [-0.15, -0.1) is 0 Å². The Labute approximate surface area is 321 Å². The third-order valence-electron chi connectivity index (χ3n) is 11.0. The fraction of sp³-hybridized carbons (Fsp3) is 0.511. The monoisotopic (exact) mass is 740 g/mol. The molecule has 0 radical (unpaired) electrons. The second-order valence-corrected chi connectivity index (χ2v) is 15.2. The van der Waals surface area contributed by atoms with E-state index in [4.69, 9.17) is 19.3 Å². The fourth-order valence-electron chi connectivity index (χ4n) is 7.83. The van der Waals surface area contributed by atoms with Gasteiger partial charge in [0.05, 0.1) is 38.3 Å². The second kappa shape index (κ2) is 19.9. The molecule has 292 valence electrons. The molecule has 0 spiro atoms. The van der Waals surface area contributed by atoms with Gasteiger partial charge in [-0.3, -0.25) is 19.4 Å². The normalized spacial score (nSPS) is 18.5. The van der Waals surface area contributed by atoms with Crippen molar-refractivity contribution in [3.8, 4) is 11.5 Å². The van der Waals surface area contributed by atoms with Gasteiger partial charge in [0, 0.05) is 39.3 Å². The molecule has 2 heterocycles. The van der Waals surface area contributed by atoms with E-state index < -0.39 is 0 Å². The van der Waals surface area contributed by atoms with E-state index in [0.717, 1.165) is 68.6 Å². The number of nitrogens with zero attached hydrogens (tertiary/aromatic N) is 2. The van der Waals surface area contributed by atoms with E-state index in [0.29, 0.717) is 6.10 Å². The molecule has 9 nitrogen and oxygen atoms in total. The van der Waals surface area contributed by atoms with E-state index >= 15 is 0 Å². The number of likely N-dealkylation sites (tertiary alicyclic amines) is 2. The fourth-order valence-corrected chi connectivity index (χ4v) is 7.83. The Bertz CT molecular complexity index is 1800. The summed E-state index contributed by atoms with van der Waals surface area (Å²) in [5.41, 5.74) is 2.49. The van der Waals surface area contributed by atoms with Crippen LogP contribution in [0, 0.1) is 11.8 Å². The Balaban J connectivity index is 0.000000177. The molecule has 0 aromatic heterocycles. The average Bonchev–Trinajstić information content (AvgIpc) is 3.15. The van der Waals surface area contributed by atoms with Gasteiger partial charge in [0.1, 0.15) is 11.5 Å². The highest BCUT2D eigenvalue weighted by Crippen LogP contribution is 2.29. The molecule has 0 atom stereocenters. The molecule has 8 rings (SSSR count). The molecule has 9 heteroatoms. The molecule has 0 amide bonds. The molecule has 0 bridgehead atoms. The lowest BCUT2D eigenvalue weighted by Gasteiger charge is -2.37. The molecular weight excluding hydrogens is 681 g/mol. The van der Waals surface area contributed by atoms with Crippen molar-refractivity contribution < 1.29 is 34.0 Å². The maximum atomic E-state index is 11.5. The van der Waals surface area contributed by atoms with Gasteiger partial charge in [-0.25, -0.2) is 0 Å². The third kappa shape index (κ3) is 11.4. The van der Waals surface area contributed by atoms with Crippen LogP contribution in [0.15, 0.2) is 72.8 Å². The van der Waals surface area contributed by atoms with Crippen LogP contribution in [-0.2, 0) is 32.2 Å². The molecule has 4 aromatic rings. The highest BCUT2D eigenvalue weighted by Gasteiger charge is 2.34. The van der Waals surface area contributed by atoms with Gasteiger partial charge in [0.2, 0.25) is 0 Å². The molecule has 2 aliphatic carbocycles. The molecule has 54 heavy (non-hydrogen) atoms. The zero-order valence-electron chi connectivity index (χ0n) is 31.4. The summed E-state index contributed by atoms with van der Waals surface area (Å²) in [5.74, 6) is 1.13. The van der Waals surface area contributed by atoms with Crippen LogP contribution in [0.1, 0.15) is 82.8 Å². The SMILES string of the molecule is C.COC(=O)C1CN(Cc2ccc3cc(O)ccc3c2)C1.COC(=O)C1CN(Cc2ccc3cc(OC4CCCCC4)ccc3c2)C1.OC1CCCCC1. The first-order valence-electron chi connectivity index (χ1n) is 19.5. The lowest BCUT2D eigenvalue weighted by atomic mass is 9.97. The number of hydrogen-bond donors (Lipinski definition) is 2. The van der Waals surface area contributed by atoms with E-state index in [1.54, 1.807) is 12.1 Å². The lowest BCUT2D eigenvalue weighted by molar-refractivity contribution is -0.152. The number of carbonyl (C=O) groups is 2. The van der Waals surface area contributed by atoms with Gasteiger partial charge in [0.15, 0.2) is 0 Å². The molecule has 2 saturated heterocycles. The van der Waals surface area contributed by atoms with Crippen molar-refractivity contribution in [1.82, 2.24) is 9.80 Å². The lowest BCUT2D eigenvalue weighted by Crippen LogP contribution is -2.49. The van der Waals surface area contributed by atoms with Crippen LogP contribution < -0.4 is 4.74 Å². The number of methoxy groups -OCH3 is 2. The number of esters is 2. The maximum absolute atomic E-state index is 11.5. The summed E-state index contributed by atoms with van der Waals surface area (Å²) in [6.45, 7) is 4.83. The van der Waals surface area contributed by atoms with E-state index in [2.05, 4.69) is 58.3 Å². The van der Waals surface area contributed by atoms with E-state index in [1.807, 2.05) is 12.1 Å². The molecule has 2 saturated carbocycles. The molecule has 0 unspecified atom stereocenters. The minimum atomic E-state index is -0.116. The van der Waals surface area contributed by atoms with Crippen LogP contribution in [0.5, 0.6) is 11.5 Å². The van der Waals surface area contributed by atoms with E-state index in [1.165, 1.54) is 87.5 Å². The number of carbonyl (C=O) groups excluding carboxylic acids is 2. The zero-order chi connectivity index (χ0) is 37.2. The number of ether oxygens (including phenoxy) is 3. The first-order valence-corrected chi connectivity index (χ1v) is 19.5. The standard InChI is InChI=1S/C22H27NO3.C16H17NO3.C6H12O.CH4/c1-25-22(24)19-14-23(15-19)13-16-7-8-18-12-21(10-9-17(18)11-16)26-20-5-3-2-4-6-20;1-20-16(19)14-9-17(10-14)8-11-2-3-13-7-15(18)5-4-12(13)6-11;7-6-4-2-1-3-5-6;/h7-12,19-20H,2-6,13-15H2,1H3;2-7,14,18H,8-10H2,1H3;6-7H,1-5H2;1H4. The van der Waals surface area contributed by atoms with Crippen molar-refractivity contribution in [2.45, 2.75) is 96.9 Å². The third-order valence-corrected chi connectivity index (χ3v) is 11.0. The van der Waals surface area contributed by atoms with Gasteiger partial charge in [0.25, 0.3) is 0 Å². The summed E-state index contributed by atoms with van der Waals surface area (Å²) in [5, 5.41) is 23.0. The summed E-state index contributed by atoms with van der Waals surface area (Å²) in [7, 11) is 2.89. The smallest absolute Gasteiger partial charge is 0.311 e. The Morgan fingerprint density at radius 1 is 0.611 bits per heavy atom. The quantitative estimate of drug-likeness (QED) is 0.173. The molecule has 2 N–H and O–H groups in total. The minimum absolute atomic E-state index is 0. The number of benzene rings is 4. The first-order chi connectivity index (χ1) is 25.8.